The van der Waals surface area contributed by atoms with Gasteiger partial charge in [-0.3, -0.25) is 0 Å². The van der Waals surface area contributed by atoms with Gasteiger partial charge in [0.2, 0.25) is 0 Å². The Kier molecular flexibility index (Phi) is 3.61. The van der Waals surface area contributed by atoms with E-state index in [4.69, 9.17) is 0 Å². The maximum atomic E-state index is 2.52. The highest BCUT2D eigenvalue weighted by Gasteiger charge is 2.35. The lowest BCUT2D eigenvalue weighted by atomic mass is 9.62. The Labute approximate surface area is 77.7 Å². The molecule has 0 amide bonds. The van der Waals surface area contributed by atoms with Crippen LogP contribution >= 0.6 is 0 Å². The highest BCUT2D eigenvalue weighted by Crippen LogP contribution is 2.47. The first kappa shape index (κ1) is 10.1. The van der Waals surface area contributed by atoms with Gasteiger partial charge in [0, 0.05) is 0 Å². The third-order valence-corrected chi connectivity index (χ3v) is 3.73. The first-order valence-corrected chi connectivity index (χ1v) is 5.73. The Bertz CT molecular complexity index is 116. The largest absolute Gasteiger partial charge is 0.0654 e. The van der Waals surface area contributed by atoms with E-state index in [0.29, 0.717) is 5.41 Å². The van der Waals surface area contributed by atoms with E-state index in [2.05, 4.69) is 20.8 Å². The number of hydrogen-bond donors (Lipinski definition) is 0. The molecule has 0 N–H and O–H groups in total. The van der Waals surface area contributed by atoms with Crippen molar-refractivity contribution >= 4 is 0 Å². The van der Waals surface area contributed by atoms with Crippen molar-refractivity contribution in [2.75, 3.05) is 0 Å². The zero-order valence-corrected chi connectivity index (χ0v) is 9.03. The molecule has 0 nitrogen and oxygen atoms in total. The van der Waals surface area contributed by atoms with Crippen LogP contribution in [0.2, 0.25) is 0 Å². The minimum atomic E-state index is 0.696. The maximum Gasteiger partial charge on any atom is -0.0298 e. The van der Waals surface area contributed by atoms with Crippen molar-refractivity contribution in [1.29, 1.82) is 0 Å². The second kappa shape index (κ2) is 4.30. The maximum absolute atomic E-state index is 2.52. The van der Waals surface area contributed by atoms with Crippen LogP contribution in [-0.2, 0) is 0 Å². The molecule has 0 heterocycles. The topological polar surface area (TPSA) is 0 Å². The fourth-order valence-corrected chi connectivity index (χ4v) is 2.78. The van der Waals surface area contributed by atoms with Gasteiger partial charge in [-0.05, 0) is 37.0 Å². The Morgan fingerprint density at radius 3 is 1.83 bits per heavy atom. The third-order valence-electron chi connectivity index (χ3n) is 3.73. The SMILES string of the molecule is CCCC(C)(CCC)C1CCC1. The molecule has 0 bridgehead atoms. The molecule has 1 fully saturated rings. The van der Waals surface area contributed by atoms with Crippen LogP contribution < -0.4 is 0 Å². The number of hydrogen-bond acceptors (Lipinski definition) is 0. The summed E-state index contributed by atoms with van der Waals surface area (Å²) >= 11 is 0. The molecule has 1 saturated carbocycles. The molecule has 0 atom stereocenters. The fourth-order valence-electron chi connectivity index (χ4n) is 2.78. The van der Waals surface area contributed by atoms with Gasteiger partial charge < -0.3 is 0 Å². The summed E-state index contributed by atoms with van der Waals surface area (Å²) in [5, 5.41) is 0. The summed E-state index contributed by atoms with van der Waals surface area (Å²) in [6, 6.07) is 0. The summed E-state index contributed by atoms with van der Waals surface area (Å²) < 4.78 is 0. The summed E-state index contributed by atoms with van der Waals surface area (Å²) in [7, 11) is 0. The monoisotopic (exact) mass is 168 g/mol. The first-order chi connectivity index (χ1) is 5.73. The van der Waals surface area contributed by atoms with Crippen molar-refractivity contribution in [2.45, 2.75) is 65.7 Å². The van der Waals surface area contributed by atoms with Crippen molar-refractivity contribution in [3.05, 3.63) is 0 Å². The second-order valence-electron chi connectivity index (χ2n) is 4.78. The van der Waals surface area contributed by atoms with Crippen molar-refractivity contribution in [3.8, 4) is 0 Å². The summed E-state index contributed by atoms with van der Waals surface area (Å²) in [5.41, 5.74) is 0.696. The van der Waals surface area contributed by atoms with Crippen LogP contribution in [0, 0.1) is 11.3 Å². The van der Waals surface area contributed by atoms with Gasteiger partial charge in [-0.2, -0.15) is 0 Å². The molecule has 1 aliphatic carbocycles. The van der Waals surface area contributed by atoms with Crippen molar-refractivity contribution in [3.63, 3.8) is 0 Å². The first-order valence-electron chi connectivity index (χ1n) is 5.73. The smallest absolute Gasteiger partial charge is 0.0298 e. The molecule has 0 aromatic carbocycles. The van der Waals surface area contributed by atoms with E-state index in [-0.39, 0.29) is 0 Å². The van der Waals surface area contributed by atoms with Gasteiger partial charge in [0.25, 0.3) is 0 Å². The highest BCUT2D eigenvalue weighted by molar-refractivity contribution is 4.86. The summed E-state index contributed by atoms with van der Waals surface area (Å²) in [6.07, 6.45) is 10.2. The fraction of sp³-hybridized carbons (Fsp3) is 1.00. The Morgan fingerprint density at radius 2 is 1.58 bits per heavy atom. The predicted molar refractivity (Wildman–Crippen MR) is 55.3 cm³/mol. The summed E-state index contributed by atoms with van der Waals surface area (Å²) in [6.45, 7) is 7.17. The van der Waals surface area contributed by atoms with Gasteiger partial charge in [-0.1, -0.05) is 40.0 Å². The van der Waals surface area contributed by atoms with E-state index in [1.165, 1.54) is 44.9 Å². The zero-order valence-electron chi connectivity index (χ0n) is 9.03. The van der Waals surface area contributed by atoms with Crippen LogP contribution in [0.25, 0.3) is 0 Å². The van der Waals surface area contributed by atoms with E-state index in [0.717, 1.165) is 5.92 Å². The predicted octanol–water partition coefficient (Wildman–Crippen LogP) is 4.39. The lowest BCUT2D eigenvalue weighted by Gasteiger charge is -2.43. The average Bonchev–Trinajstić information content (AvgIpc) is 1.82. The lowest BCUT2D eigenvalue weighted by molar-refractivity contribution is 0.0796. The molecule has 0 aromatic rings. The molecule has 0 aliphatic heterocycles. The third kappa shape index (κ3) is 2.02. The molecule has 0 saturated heterocycles. The second-order valence-corrected chi connectivity index (χ2v) is 4.78. The highest BCUT2D eigenvalue weighted by atomic mass is 14.4. The molecule has 0 unspecified atom stereocenters. The van der Waals surface area contributed by atoms with Crippen molar-refractivity contribution in [2.24, 2.45) is 11.3 Å². The van der Waals surface area contributed by atoms with Crippen molar-refractivity contribution in [1.82, 2.24) is 0 Å². The average molecular weight is 168 g/mol. The van der Waals surface area contributed by atoms with Gasteiger partial charge in [0.05, 0.1) is 0 Å². The minimum absolute atomic E-state index is 0.696. The molecule has 1 rings (SSSR count). The van der Waals surface area contributed by atoms with Crippen LogP contribution in [-0.4, -0.2) is 0 Å². The van der Waals surface area contributed by atoms with E-state index >= 15 is 0 Å². The molecule has 1 aliphatic rings. The van der Waals surface area contributed by atoms with Crippen LogP contribution in [0.3, 0.4) is 0 Å². The Balaban J connectivity index is 2.44. The van der Waals surface area contributed by atoms with Gasteiger partial charge in [-0.25, -0.2) is 0 Å². The van der Waals surface area contributed by atoms with E-state index in [1.807, 2.05) is 0 Å². The van der Waals surface area contributed by atoms with E-state index in [1.54, 1.807) is 0 Å². The zero-order chi connectivity index (χ0) is 9.03. The van der Waals surface area contributed by atoms with Crippen LogP contribution in [0.1, 0.15) is 65.7 Å². The Hall–Kier alpha value is 0. The van der Waals surface area contributed by atoms with Crippen LogP contribution in [0.15, 0.2) is 0 Å². The Morgan fingerprint density at radius 1 is 1.08 bits per heavy atom. The van der Waals surface area contributed by atoms with Gasteiger partial charge in [-0.15, -0.1) is 0 Å². The molecule has 0 heteroatoms. The quantitative estimate of drug-likeness (QED) is 0.571. The van der Waals surface area contributed by atoms with Crippen molar-refractivity contribution < 1.29 is 0 Å². The molecule has 0 spiro atoms. The number of rotatable bonds is 5. The van der Waals surface area contributed by atoms with Gasteiger partial charge >= 0.3 is 0 Å². The molecule has 0 radical (unpaired) electrons. The lowest BCUT2D eigenvalue weighted by Crippen LogP contribution is -2.32. The normalized spacial score (nSPS) is 19.2. The molecule has 0 aromatic heterocycles. The molecular formula is C12H24. The standard InChI is InChI=1S/C12H24/c1-4-9-12(3,10-5-2)11-7-6-8-11/h11H,4-10H2,1-3H3. The summed E-state index contributed by atoms with van der Waals surface area (Å²) in [4.78, 5) is 0. The molecule has 72 valence electrons. The van der Waals surface area contributed by atoms with Gasteiger partial charge in [0.15, 0.2) is 0 Å². The summed E-state index contributed by atoms with van der Waals surface area (Å²) in [5.74, 6) is 1.07. The molecular weight excluding hydrogens is 144 g/mol. The van der Waals surface area contributed by atoms with E-state index < -0.39 is 0 Å². The van der Waals surface area contributed by atoms with Gasteiger partial charge in [0.1, 0.15) is 0 Å². The minimum Gasteiger partial charge on any atom is -0.0654 e. The van der Waals surface area contributed by atoms with E-state index in [9.17, 15) is 0 Å². The van der Waals surface area contributed by atoms with Crippen LogP contribution in [0.4, 0.5) is 0 Å². The van der Waals surface area contributed by atoms with Crippen LogP contribution in [0.5, 0.6) is 0 Å². The molecule has 12 heavy (non-hydrogen) atoms.